The number of amides is 1. The molecule has 29 heavy (non-hydrogen) atoms. The monoisotopic (exact) mass is 386 g/mol. The summed E-state index contributed by atoms with van der Waals surface area (Å²) in [5, 5.41) is 4.56. The number of aromatic nitrogens is 2. The Morgan fingerprint density at radius 1 is 0.966 bits per heavy atom. The molecule has 5 rings (SSSR count). The van der Waals surface area contributed by atoms with Crippen LogP contribution in [0.25, 0.3) is 22.3 Å². The van der Waals surface area contributed by atoms with Crippen molar-refractivity contribution in [3.05, 3.63) is 54.6 Å². The maximum Gasteiger partial charge on any atom is 0.223 e. The minimum atomic E-state index is 0.321. The molecule has 1 saturated carbocycles. The van der Waals surface area contributed by atoms with Crippen LogP contribution in [0.5, 0.6) is 0 Å². The summed E-state index contributed by atoms with van der Waals surface area (Å²) in [4.78, 5) is 24.2. The first-order valence-electron chi connectivity index (χ1n) is 10.6. The number of anilines is 1. The fourth-order valence-electron chi connectivity index (χ4n) is 4.68. The second-order valence-corrected chi connectivity index (χ2v) is 8.21. The van der Waals surface area contributed by atoms with Gasteiger partial charge < -0.3 is 10.2 Å². The molecule has 3 aromatic rings. The van der Waals surface area contributed by atoms with E-state index in [1.807, 2.05) is 48.5 Å². The molecule has 2 aliphatic rings. The summed E-state index contributed by atoms with van der Waals surface area (Å²) in [5.41, 5.74) is 1.93. The minimum Gasteiger partial charge on any atom is -0.369 e. The smallest absolute Gasteiger partial charge is 0.223 e. The summed E-state index contributed by atoms with van der Waals surface area (Å²) >= 11 is 0. The maximum absolute atomic E-state index is 12.5. The van der Waals surface area contributed by atoms with Gasteiger partial charge in [-0.3, -0.25) is 4.79 Å². The van der Waals surface area contributed by atoms with Crippen molar-refractivity contribution in [2.45, 2.75) is 38.1 Å². The number of para-hydroxylation sites is 1. The van der Waals surface area contributed by atoms with Gasteiger partial charge in [0.2, 0.25) is 5.91 Å². The van der Waals surface area contributed by atoms with Gasteiger partial charge in [0.05, 0.1) is 5.52 Å². The average Bonchev–Trinajstić information content (AvgIpc) is 3.42. The molecular weight excluding hydrogens is 360 g/mol. The number of rotatable bonds is 5. The number of hydrogen-bond acceptors (Lipinski definition) is 4. The van der Waals surface area contributed by atoms with Crippen LogP contribution in [0.1, 0.15) is 32.1 Å². The number of likely N-dealkylation sites (tertiary alicyclic amines) is 1. The van der Waals surface area contributed by atoms with E-state index in [9.17, 15) is 4.79 Å². The number of nitrogens with one attached hydrogen (secondary N) is 1. The van der Waals surface area contributed by atoms with Gasteiger partial charge in [0.25, 0.3) is 0 Å². The van der Waals surface area contributed by atoms with Gasteiger partial charge in [-0.1, -0.05) is 55.3 Å². The van der Waals surface area contributed by atoms with Crippen LogP contribution in [0.3, 0.4) is 0 Å². The topological polar surface area (TPSA) is 58.1 Å². The number of hydrogen-bond donors (Lipinski definition) is 1. The van der Waals surface area contributed by atoms with Crippen LogP contribution in [0, 0.1) is 5.92 Å². The van der Waals surface area contributed by atoms with Gasteiger partial charge in [-0.25, -0.2) is 9.97 Å². The summed E-state index contributed by atoms with van der Waals surface area (Å²) < 4.78 is 0. The molecule has 148 valence electrons. The Kier molecular flexibility index (Phi) is 4.88. The predicted octanol–water partition coefficient (Wildman–Crippen LogP) is 4.50. The van der Waals surface area contributed by atoms with Crippen molar-refractivity contribution in [1.29, 1.82) is 0 Å². The lowest BCUT2D eigenvalue weighted by Crippen LogP contribution is -2.34. The molecule has 1 atom stereocenters. The van der Waals surface area contributed by atoms with E-state index in [0.29, 0.717) is 24.3 Å². The quantitative estimate of drug-likeness (QED) is 0.701. The number of carbonyl (C=O) groups excluding carboxylic acids is 1. The molecule has 0 radical (unpaired) electrons. The van der Waals surface area contributed by atoms with Crippen LogP contribution in [-0.4, -0.2) is 39.9 Å². The van der Waals surface area contributed by atoms with Crippen molar-refractivity contribution in [1.82, 2.24) is 14.9 Å². The van der Waals surface area contributed by atoms with E-state index in [4.69, 9.17) is 9.97 Å². The summed E-state index contributed by atoms with van der Waals surface area (Å²) in [5.74, 6) is 2.22. The molecule has 2 aromatic carbocycles. The lowest BCUT2D eigenvalue weighted by atomic mass is 10.1. The summed E-state index contributed by atoms with van der Waals surface area (Å²) in [6.45, 7) is 1.62. The van der Waals surface area contributed by atoms with Gasteiger partial charge in [-0.2, -0.15) is 0 Å². The van der Waals surface area contributed by atoms with E-state index >= 15 is 0 Å². The van der Waals surface area contributed by atoms with Crippen molar-refractivity contribution >= 4 is 22.6 Å². The predicted molar refractivity (Wildman–Crippen MR) is 116 cm³/mol. The maximum atomic E-state index is 12.5. The highest BCUT2D eigenvalue weighted by Gasteiger charge is 2.35. The second kappa shape index (κ2) is 7.82. The van der Waals surface area contributed by atoms with Gasteiger partial charge in [-0.15, -0.1) is 0 Å². The van der Waals surface area contributed by atoms with Gasteiger partial charge in [-0.05, 0) is 25.0 Å². The van der Waals surface area contributed by atoms with Gasteiger partial charge in [0.1, 0.15) is 5.82 Å². The first kappa shape index (κ1) is 18.1. The van der Waals surface area contributed by atoms with Gasteiger partial charge >= 0.3 is 0 Å². The van der Waals surface area contributed by atoms with E-state index in [1.165, 1.54) is 25.7 Å². The van der Waals surface area contributed by atoms with E-state index < -0.39 is 0 Å². The molecule has 2 fully saturated rings. The molecule has 1 N–H and O–H groups in total. The highest BCUT2D eigenvalue weighted by Crippen LogP contribution is 2.30. The number of carbonyl (C=O) groups is 1. The molecular formula is C24H26N4O. The third-order valence-corrected chi connectivity index (χ3v) is 6.20. The van der Waals surface area contributed by atoms with Crippen LogP contribution in [-0.2, 0) is 4.79 Å². The fraction of sp³-hybridized carbons (Fsp3) is 0.375. The van der Waals surface area contributed by atoms with Crippen molar-refractivity contribution in [3.63, 3.8) is 0 Å². The first-order valence-corrected chi connectivity index (χ1v) is 10.6. The molecule has 2 heterocycles. The van der Waals surface area contributed by atoms with Crippen molar-refractivity contribution in [2.24, 2.45) is 5.92 Å². The first-order chi connectivity index (χ1) is 14.3. The van der Waals surface area contributed by atoms with Crippen LogP contribution >= 0.6 is 0 Å². The molecule has 1 aliphatic carbocycles. The van der Waals surface area contributed by atoms with Gasteiger partial charge in [0, 0.05) is 42.4 Å². The zero-order valence-corrected chi connectivity index (χ0v) is 16.6. The third kappa shape index (κ3) is 3.69. The molecule has 0 unspecified atom stereocenters. The lowest BCUT2D eigenvalue weighted by Gasteiger charge is -2.24. The zero-order valence-electron chi connectivity index (χ0n) is 16.6. The Morgan fingerprint density at radius 3 is 2.55 bits per heavy atom. The van der Waals surface area contributed by atoms with Crippen LogP contribution in [0.15, 0.2) is 54.6 Å². The standard InChI is InChI=1S/C24H26N4O/c29-22-14-17(16-28(22)19-10-4-5-11-19)15-25-24-20-12-6-7-13-21(20)26-23(27-24)18-8-2-1-3-9-18/h1-3,6-9,12-13,17,19H,4-5,10-11,14-16H2,(H,25,26,27)/t17-/m1/s1. The third-order valence-electron chi connectivity index (χ3n) is 6.20. The van der Waals surface area contributed by atoms with Crippen molar-refractivity contribution < 1.29 is 4.79 Å². The Labute approximate surface area is 171 Å². The molecule has 1 aromatic heterocycles. The second-order valence-electron chi connectivity index (χ2n) is 8.21. The Hall–Kier alpha value is -2.95. The van der Waals surface area contributed by atoms with E-state index in [-0.39, 0.29) is 0 Å². The largest absolute Gasteiger partial charge is 0.369 e. The average molecular weight is 386 g/mol. The Bertz CT molecular complexity index is 1010. The van der Waals surface area contributed by atoms with E-state index in [1.54, 1.807) is 0 Å². The summed E-state index contributed by atoms with van der Waals surface area (Å²) in [7, 11) is 0. The Morgan fingerprint density at radius 2 is 1.72 bits per heavy atom. The molecule has 5 heteroatoms. The highest BCUT2D eigenvalue weighted by molar-refractivity contribution is 5.90. The number of fused-ring (bicyclic) bond motifs is 1. The minimum absolute atomic E-state index is 0.321. The number of nitrogens with zero attached hydrogens (tertiary/aromatic N) is 3. The molecule has 5 nitrogen and oxygen atoms in total. The molecule has 1 saturated heterocycles. The van der Waals surface area contributed by atoms with Crippen LogP contribution in [0.4, 0.5) is 5.82 Å². The molecule has 0 spiro atoms. The lowest BCUT2D eigenvalue weighted by molar-refractivity contribution is -0.129. The van der Waals surface area contributed by atoms with Crippen molar-refractivity contribution in [3.8, 4) is 11.4 Å². The fourth-order valence-corrected chi connectivity index (χ4v) is 4.68. The molecule has 0 bridgehead atoms. The van der Waals surface area contributed by atoms with Crippen LogP contribution in [0.2, 0.25) is 0 Å². The van der Waals surface area contributed by atoms with E-state index in [0.717, 1.165) is 41.2 Å². The van der Waals surface area contributed by atoms with Gasteiger partial charge in [0.15, 0.2) is 5.82 Å². The summed E-state index contributed by atoms with van der Waals surface area (Å²) in [6, 6.07) is 18.6. The molecule has 1 aliphatic heterocycles. The highest BCUT2D eigenvalue weighted by atomic mass is 16.2. The number of benzene rings is 2. The Balaban J connectivity index is 1.37. The SMILES string of the molecule is O=C1C[C@H](CNc2nc(-c3ccccc3)nc3ccccc23)CN1C1CCCC1. The molecule has 1 amide bonds. The normalized spacial score (nSPS) is 19.9. The summed E-state index contributed by atoms with van der Waals surface area (Å²) in [6.07, 6.45) is 5.49. The van der Waals surface area contributed by atoms with E-state index in [2.05, 4.69) is 16.3 Å². The zero-order chi connectivity index (χ0) is 19.6. The van der Waals surface area contributed by atoms with Crippen molar-refractivity contribution in [2.75, 3.05) is 18.4 Å². The van der Waals surface area contributed by atoms with Crippen LogP contribution < -0.4 is 5.32 Å².